The molecule has 0 bridgehead atoms. The molecule has 21 heavy (non-hydrogen) atoms. The molecule has 1 aromatic heterocycles. The third-order valence-electron chi connectivity index (χ3n) is 2.76. The zero-order chi connectivity index (χ0) is 15.5. The van der Waals surface area contributed by atoms with Gasteiger partial charge in [-0.05, 0) is 36.9 Å². The van der Waals surface area contributed by atoms with Crippen molar-refractivity contribution in [1.82, 2.24) is 10.3 Å². The van der Waals surface area contributed by atoms with Crippen molar-refractivity contribution in [3.05, 3.63) is 58.9 Å². The number of halogens is 4. The van der Waals surface area contributed by atoms with Gasteiger partial charge in [-0.3, -0.25) is 4.98 Å². The normalized spacial score (nSPS) is 13.0. The molecule has 0 aliphatic carbocycles. The highest BCUT2D eigenvalue weighted by atomic mass is 35.5. The van der Waals surface area contributed by atoms with E-state index in [9.17, 15) is 13.2 Å². The van der Waals surface area contributed by atoms with Gasteiger partial charge in [-0.2, -0.15) is 0 Å². The molecule has 1 atom stereocenters. The average Bonchev–Trinajstić information content (AvgIpc) is 2.40. The maximum Gasteiger partial charge on any atom is 0.573 e. The predicted octanol–water partition coefficient (Wildman–Crippen LogP) is 3.94. The van der Waals surface area contributed by atoms with Crippen molar-refractivity contribution in [3.8, 4) is 5.75 Å². The van der Waals surface area contributed by atoms with Crippen molar-refractivity contribution in [2.45, 2.75) is 12.4 Å². The maximum atomic E-state index is 12.3. The first kappa shape index (κ1) is 15.6. The van der Waals surface area contributed by atoms with E-state index in [0.717, 1.165) is 0 Å². The molecule has 0 spiro atoms. The van der Waals surface area contributed by atoms with E-state index in [0.29, 0.717) is 16.3 Å². The lowest BCUT2D eigenvalue weighted by Crippen LogP contribution is -2.20. The number of aromatic nitrogens is 1. The number of benzene rings is 1. The van der Waals surface area contributed by atoms with Crippen molar-refractivity contribution in [1.29, 1.82) is 0 Å². The molecular weight excluding hydrogens is 305 g/mol. The second-order valence-corrected chi connectivity index (χ2v) is 4.68. The standard InChI is InChI=1S/C14H12ClF3N2O/c1-19-13(12-6-5-10(15)8-20-12)9-3-2-4-11(7-9)21-14(16,17)18/h2-8,13,19H,1H3. The summed E-state index contributed by atoms with van der Waals surface area (Å²) in [7, 11) is 1.69. The van der Waals surface area contributed by atoms with E-state index in [-0.39, 0.29) is 11.8 Å². The topological polar surface area (TPSA) is 34.1 Å². The van der Waals surface area contributed by atoms with Crippen LogP contribution in [-0.4, -0.2) is 18.4 Å². The molecule has 1 heterocycles. The van der Waals surface area contributed by atoms with Crippen LogP contribution in [0.4, 0.5) is 13.2 Å². The van der Waals surface area contributed by atoms with Crippen molar-refractivity contribution >= 4 is 11.6 Å². The minimum atomic E-state index is -4.72. The van der Waals surface area contributed by atoms with Gasteiger partial charge >= 0.3 is 6.36 Å². The summed E-state index contributed by atoms with van der Waals surface area (Å²) in [6.07, 6.45) is -3.23. The van der Waals surface area contributed by atoms with Gasteiger partial charge in [0.05, 0.1) is 16.8 Å². The van der Waals surface area contributed by atoms with Gasteiger partial charge in [0.1, 0.15) is 5.75 Å². The van der Waals surface area contributed by atoms with E-state index >= 15 is 0 Å². The molecule has 0 amide bonds. The third-order valence-corrected chi connectivity index (χ3v) is 2.98. The lowest BCUT2D eigenvalue weighted by molar-refractivity contribution is -0.274. The monoisotopic (exact) mass is 316 g/mol. The second kappa shape index (κ2) is 6.32. The van der Waals surface area contributed by atoms with Gasteiger partial charge in [0.25, 0.3) is 0 Å². The van der Waals surface area contributed by atoms with E-state index in [1.165, 1.54) is 24.4 Å². The Morgan fingerprint density at radius 2 is 2.00 bits per heavy atom. The van der Waals surface area contributed by atoms with Crippen molar-refractivity contribution < 1.29 is 17.9 Å². The molecule has 2 rings (SSSR count). The smallest absolute Gasteiger partial charge is 0.406 e. The number of rotatable bonds is 4. The third kappa shape index (κ3) is 4.34. The van der Waals surface area contributed by atoms with Gasteiger partial charge in [0.2, 0.25) is 0 Å². The summed E-state index contributed by atoms with van der Waals surface area (Å²) in [5, 5.41) is 3.49. The summed E-state index contributed by atoms with van der Waals surface area (Å²) in [6, 6.07) is 8.78. The first-order valence-corrected chi connectivity index (χ1v) is 6.41. The fourth-order valence-electron chi connectivity index (χ4n) is 1.93. The van der Waals surface area contributed by atoms with Gasteiger partial charge < -0.3 is 10.1 Å². The highest BCUT2D eigenvalue weighted by Gasteiger charge is 2.31. The molecule has 0 fully saturated rings. The quantitative estimate of drug-likeness (QED) is 0.927. The lowest BCUT2D eigenvalue weighted by atomic mass is 10.0. The zero-order valence-electron chi connectivity index (χ0n) is 11.0. The Bertz CT molecular complexity index is 602. The molecule has 0 saturated heterocycles. The molecule has 2 aromatic rings. The van der Waals surface area contributed by atoms with Gasteiger partial charge in [0.15, 0.2) is 0 Å². The SMILES string of the molecule is CNC(c1cccc(OC(F)(F)F)c1)c1ccc(Cl)cn1. The summed E-state index contributed by atoms with van der Waals surface area (Å²) >= 11 is 5.78. The Morgan fingerprint density at radius 3 is 2.57 bits per heavy atom. The molecule has 0 radical (unpaired) electrons. The number of hydrogen-bond acceptors (Lipinski definition) is 3. The Hall–Kier alpha value is -1.79. The summed E-state index contributed by atoms with van der Waals surface area (Å²) in [6.45, 7) is 0. The zero-order valence-corrected chi connectivity index (χ0v) is 11.7. The summed E-state index contributed by atoms with van der Waals surface area (Å²) in [5.74, 6) is -0.269. The number of nitrogens with one attached hydrogen (secondary N) is 1. The molecule has 1 N–H and O–H groups in total. The molecule has 7 heteroatoms. The fraction of sp³-hybridized carbons (Fsp3) is 0.214. The molecule has 0 aliphatic heterocycles. The molecule has 1 unspecified atom stereocenters. The van der Waals surface area contributed by atoms with Crippen LogP contribution in [0.5, 0.6) is 5.75 Å². The van der Waals surface area contributed by atoms with Crippen LogP contribution in [0.1, 0.15) is 17.3 Å². The highest BCUT2D eigenvalue weighted by Crippen LogP contribution is 2.27. The van der Waals surface area contributed by atoms with Crippen LogP contribution in [0, 0.1) is 0 Å². The van der Waals surface area contributed by atoms with Gasteiger partial charge in [-0.15, -0.1) is 13.2 Å². The molecule has 112 valence electrons. The number of nitrogens with zero attached hydrogens (tertiary/aromatic N) is 1. The number of ether oxygens (including phenoxy) is 1. The van der Waals surface area contributed by atoms with E-state index in [4.69, 9.17) is 11.6 Å². The van der Waals surface area contributed by atoms with Crippen LogP contribution in [0.3, 0.4) is 0 Å². The average molecular weight is 317 g/mol. The molecular formula is C14H12ClF3N2O. The van der Waals surface area contributed by atoms with Crippen molar-refractivity contribution in [2.75, 3.05) is 7.05 Å². The Labute approximate surface area is 124 Å². The highest BCUT2D eigenvalue weighted by molar-refractivity contribution is 6.30. The molecule has 3 nitrogen and oxygen atoms in total. The van der Waals surface area contributed by atoms with Crippen LogP contribution < -0.4 is 10.1 Å². The number of hydrogen-bond donors (Lipinski definition) is 1. The van der Waals surface area contributed by atoms with Crippen LogP contribution in [-0.2, 0) is 0 Å². The Balaban J connectivity index is 2.30. The number of alkyl halides is 3. The van der Waals surface area contributed by atoms with Crippen LogP contribution in [0.2, 0.25) is 5.02 Å². The van der Waals surface area contributed by atoms with Crippen molar-refractivity contribution in [2.24, 2.45) is 0 Å². The summed E-state index contributed by atoms with van der Waals surface area (Å²) in [4.78, 5) is 4.17. The Morgan fingerprint density at radius 1 is 1.24 bits per heavy atom. The molecule has 1 aromatic carbocycles. The first-order valence-electron chi connectivity index (χ1n) is 6.03. The van der Waals surface area contributed by atoms with Crippen LogP contribution in [0.15, 0.2) is 42.6 Å². The van der Waals surface area contributed by atoms with Gasteiger partial charge in [-0.25, -0.2) is 0 Å². The van der Waals surface area contributed by atoms with Gasteiger partial charge in [0, 0.05) is 6.20 Å². The van der Waals surface area contributed by atoms with Crippen LogP contribution in [0.25, 0.3) is 0 Å². The minimum Gasteiger partial charge on any atom is -0.406 e. The lowest BCUT2D eigenvalue weighted by Gasteiger charge is -2.17. The number of pyridine rings is 1. The maximum absolute atomic E-state index is 12.3. The molecule has 0 saturated carbocycles. The van der Waals surface area contributed by atoms with Crippen molar-refractivity contribution in [3.63, 3.8) is 0 Å². The largest absolute Gasteiger partial charge is 0.573 e. The summed E-state index contributed by atoms with van der Waals surface area (Å²) < 4.78 is 40.7. The fourth-order valence-corrected chi connectivity index (χ4v) is 2.05. The van der Waals surface area contributed by atoms with E-state index in [1.54, 1.807) is 25.2 Å². The molecule has 0 aliphatic rings. The second-order valence-electron chi connectivity index (χ2n) is 4.24. The van der Waals surface area contributed by atoms with E-state index in [2.05, 4.69) is 15.0 Å². The Kier molecular flexibility index (Phi) is 4.69. The first-order chi connectivity index (χ1) is 9.89. The van der Waals surface area contributed by atoms with Crippen LogP contribution >= 0.6 is 11.6 Å². The summed E-state index contributed by atoms with van der Waals surface area (Å²) in [5.41, 5.74) is 1.25. The van der Waals surface area contributed by atoms with E-state index < -0.39 is 6.36 Å². The van der Waals surface area contributed by atoms with E-state index in [1.807, 2.05) is 0 Å². The minimum absolute atomic E-state index is 0.269. The predicted molar refractivity (Wildman–Crippen MR) is 73.3 cm³/mol. The van der Waals surface area contributed by atoms with Gasteiger partial charge in [-0.1, -0.05) is 23.7 Å².